The number of ether oxygens (including phenoxy) is 1. The summed E-state index contributed by atoms with van der Waals surface area (Å²) in [6, 6.07) is 20.7. The molecular formula is C27H26N2O4S2. The van der Waals surface area contributed by atoms with Crippen LogP contribution < -0.4 is 15.8 Å². The Morgan fingerprint density at radius 3 is 2.31 bits per heavy atom. The fourth-order valence-corrected chi connectivity index (χ4v) is 6.73. The van der Waals surface area contributed by atoms with Crippen molar-refractivity contribution in [3.63, 3.8) is 0 Å². The first-order valence-electron chi connectivity index (χ1n) is 11.1. The van der Waals surface area contributed by atoms with Crippen LogP contribution in [0.25, 0.3) is 0 Å². The van der Waals surface area contributed by atoms with Gasteiger partial charge in [0.1, 0.15) is 20.5 Å². The van der Waals surface area contributed by atoms with Gasteiger partial charge in [0.05, 0.1) is 17.2 Å². The summed E-state index contributed by atoms with van der Waals surface area (Å²) < 4.78 is 32.8. The van der Waals surface area contributed by atoms with E-state index in [2.05, 4.69) is 5.32 Å². The zero-order valence-electron chi connectivity index (χ0n) is 19.7. The highest BCUT2D eigenvalue weighted by atomic mass is 32.2. The van der Waals surface area contributed by atoms with Crippen LogP contribution in [0.5, 0.6) is 5.75 Å². The zero-order chi connectivity index (χ0) is 25.2. The highest BCUT2D eigenvalue weighted by molar-refractivity contribution is 7.92. The van der Waals surface area contributed by atoms with Crippen molar-refractivity contribution in [3.8, 4) is 5.75 Å². The first-order valence-corrected chi connectivity index (χ1v) is 13.4. The normalized spacial score (nSPS) is 11.3. The van der Waals surface area contributed by atoms with Gasteiger partial charge in [-0.25, -0.2) is 8.42 Å². The van der Waals surface area contributed by atoms with E-state index < -0.39 is 9.84 Å². The van der Waals surface area contributed by atoms with E-state index in [0.29, 0.717) is 23.6 Å². The Bertz CT molecular complexity index is 1480. The standard InChI is InChI=1S/C27H26N2O4S2/c1-4-33-20-13-11-19(12-14-20)29-27-26(35(31,32)21-8-6-5-7-9-21)23(28)25(34-27)24(30)22-15-10-17(2)16-18(22)3/h5-16,29H,4,28H2,1-3H3. The van der Waals surface area contributed by atoms with Crippen LogP contribution in [-0.4, -0.2) is 20.8 Å². The number of sulfone groups is 1. The van der Waals surface area contributed by atoms with Crippen LogP contribution in [0.2, 0.25) is 0 Å². The zero-order valence-corrected chi connectivity index (χ0v) is 21.3. The van der Waals surface area contributed by atoms with Crippen LogP contribution in [0.4, 0.5) is 16.4 Å². The fourth-order valence-electron chi connectivity index (χ4n) is 3.79. The number of nitrogen functional groups attached to an aromatic ring is 1. The lowest BCUT2D eigenvalue weighted by molar-refractivity contribution is 0.104. The number of ketones is 1. The highest BCUT2D eigenvalue weighted by Crippen LogP contribution is 2.44. The summed E-state index contributed by atoms with van der Waals surface area (Å²) >= 11 is 1.04. The van der Waals surface area contributed by atoms with Crippen molar-refractivity contribution in [1.82, 2.24) is 0 Å². The fraction of sp³-hybridized carbons (Fsp3) is 0.148. The Labute approximate surface area is 209 Å². The number of carbonyl (C=O) groups excluding carboxylic acids is 1. The molecular weight excluding hydrogens is 480 g/mol. The van der Waals surface area contributed by atoms with Crippen molar-refractivity contribution in [2.24, 2.45) is 0 Å². The Morgan fingerprint density at radius 1 is 1.00 bits per heavy atom. The topological polar surface area (TPSA) is 98.5 Å². The maximum absolute atomic E-state index is 13.6. The molecule has 4 aromatic rings. The second kappa shape index (κ2) is 9.93. The molecule has 35 heavy (non-hydrogen) atoms. The van der Waals surface area contributed by atoms with Crippen LogP contribution in [0.3, 0.4) is 0 Å². The van der Waals surface area contributed by atoms with E-state index in [9.17, 15) is 13.2 Å². The van der Waals surface area contributed by atoms with E-state index in [4.69, 9.17) is 10.5 Å². The van der Waals surface area contributed by atoms with E-state index in [0.717, 1.165) is 22.5 Å². The molecule has 0 radical (unpaired) electrons. The van der Waals surface area contributed by atoms with Crippen LogP contribution in [0, 0.1) is 13.8 Å². The summed E-state index contributed by atoms with van der Waals surface area (Å²) in [7, 11) is -4.00. The predicted octanol–water partition coefficient (Wildman–Crippen LogP) is 6.15. The number of thiophene rings is 1. The van der Waals surface area contributed by atoms with Gasteiger partial charge >= 0.3 is 0 Å². The van der Waals surface area contributed by atoms with Gasteiger partial charge < -0.3 is 15.8 Å². The molecule has 0 unspecified atom stereocenters. The second-order valence-electron chi connectivity index (χ2n) is 8.05. The van der Waals surface area contributed by atoms with Gasteiger partial charge in [-0.1, -0.05) is 42.0 Å². The first kappa shape index (κ1) is 24.5. The maximum atomic E-state index is 13.6. The minimum Gasteiger partial charge on any atom is -0.494 e. The number of benzene rings is 3. The van der Waals surface area contributed by atoms with E-state index in [1.165, 1.54) is 12.1 Å². The molecule has 4 rings (SSSR count). The van der Waals surface area contributed by atoms with E-state index >= 15 is 0 Å². The van der Waals surface area contributed by atoms with Gasteiger partial charge in [-0.3, -0.25) is 4.79 Å². The monoisotopic (exact) mass is 506 g/mol. The Morgan fingerprint density at radius 2 is 1.69 bits per heavy atom. The van der Waals surface area contributed by atoms with Gasteiger partial charge in [-0.05, 0) is 62.7 Å². The summed E-state index contributed by atoms with van der Waals surface area (Å²) in [6.07, 6.45) is 0. The largest absolute Gasteiger partial charge is 0.494 e. The maximum Gasteiger partial charge on any atom is 0.211 e. The molecule has 1 aromatic heterocycles. The smallest absolute Gasteiger partial charge is 0.211 e. The molecule has 0 spiro atoms. The quantitative estimate of drug-likeness (QED) is 0.278. The minimum atomic E-state index is -4.00. The minimum absolute atomic E-state index is 0.0581. The van der Waals surface area contributed by atoms with Gasteiger partial charge in [0.2, 0.25) is 15.6 Å². The summed E-state index contributed by atoms with van der Waals surface area (Å²) in [5.41, 5.74) is 9.32. The molecule has 3 aromatic carbocycles. The molecule has 1 heterocycles. The summed E-state index contributed by atoms with van der Waals surface area (Å²) in [5, 5.41) is 3.44. The van der Waals surface area contributed by atoms with E-state index in [1.807, 2.05) is 32.9 Å². The lowest BCUT2D eigenvalue weighted by Gasteiger charge is -2.10. The molecule has 180 valence electrons. The molecule has 6 nitrogen and oxygen atoms in total. The molecule has 0 amide bonds. The van der Waals surface area contributed by atoms with Crippen molar-refractivity contribution in [3.05, 3.63) is 94.4 Å². The number of hydrogen-bond acceptors (Lipinski definition) is 7. The number of rotatable bonds is 8. The summed E-state index contributed by atoms with van der Waals surface area (Å²) in [4.78, 5) is 13.7. The molecule has 0 atom stereocenters. The van der Waals surface area contributed by atoms with E-state index in [1.54, 1.807) is 48.5 Å². The second-order valence-corrected chi connectivity index (χ2v) is 11.0. The van der Waals surface area contributed by atoms with Crippen LogP contribution in [0.15, 0.2) is 82.6 Å². The Kier molecular flexibility index (Phi) is 6.95. The molecule has 0 aliphatic carbocycles. The van der Waals surface area contributed by atoms with Crippen LogP contribution in [-0.2, 0) is 9.84 Å². The first-order chi connectivity index (χ1) is 16.7. The third kappa shape index (κ3) is 4.94. The van der Waals surface area contributed by atoms with Crippen molar-refractivity contribution < 1.29 is 17.9 Å². The number of carbonyl (C=O) groups is 1. The van der Waals surface area contributed by atoms with Gasteiger partial charge in [0.15, 0.2) is 0 Å². The Hall–Kier alpha value is -3.62. The average molecular weight is 507 g/mol. The van der Waals surface area contributed by atoms with Gasteiger partial charge in [0.25, 0.3) is 0 Å². The van der Waals surface area contributed by atoms with Crippen molar-refractivity contribution in [2.45, 2.75) is 30.6 Å². The molecule has 0 aliphatic heterocycles. The average Bonchev–Trinajstić information content (AvgIpc) is 3.17. The third-order valence-corrected chi connectivity index (χ3v) is 8.58. The summed E-state index contributed by atoms with van der Waals surface area (Å²) in [5.74, 6) is 0.390. The molecule has 0 saturated heterocycles. The van der Waals surface area contributed by atoms with E-state index in [-0.39, 0.29) is 31.1 Å². The number of anilines is 3. The molecule has 0 aliphatic rings. The van der Waals surface area contributed by atoms with Gasteiger partial charge in [-0.2, -0.15) is 0 Å². The molecule has 0 saturated carbocycles. The van der Waals surface area contributed by atoms with Crippen LogP contribution in [0.1, 0.15) is 33.3 Å². The Balaban J connectivity index is 1.84. The summed E-state index contributed by atoms with van der Waals surface area (Å²) in [6.45, 7) is 6.24. The number of hydrogen-bond donors (Lipinski definition) is 2. The SMILES string of the molecule is CCOc1ccc(Nc2sc(C(=O)c3ccc(C)cc3C)c(N)c2S(=O)(=O)c2ccccc2)cc1. The van der Waals surface area contributed by atoms with Gasteiger partial charge in [0, 0.05) is 11.3 Å². The molecule has 8 heteroatoms. The highest BCUT2D eigenvalue weighted by Gasteiger charge is 2.32. The van der Waals surface area contributed by atoms with Crippen molar-refractivity contribution in [1.29, 1.82) is 0 Å². The molecule has 0 fully saturated rings. The number of aryl methyl sites for hydroxylation is 2. The molecule has 3 N–H and O–H groups in total. The number of nitrogens with two attached hydrogens (primary N) is 1. The van der Waals surface area contributed by atoms with Crippen molar-refractivity contribution in [2.75, 3.05) is 17.7 Å². The van der Waals surface area contributed by atoms with Gasteiger partial charge in [-0.15, -0.1) is 11.3 Å². The molecule has 0 bridgehead atoms. The van der Waals surface area contributed by atoms with Crippen LogP contribution >= 0.6 is 11.3 Å². The van der Waals surface area contributed by atoms with Crippen molar-refractivity contribution >= 4 is 43.3 Å². The predicted molar refractivity (Wildman–Crippen MR) is 141 cm³/mol. The lowest BCUT2D eigenvalue weighted by atomic mass is 10.0. The third-order valence-electron chi connectivity index (χ3n) is 5.48. The lowest BCUT2D eigenvalue weighted by Crippen LogP contribution is -2.09. The number of nitrogens with one attached hydrogen (secondary N) is 1.